The maximum Gasteiger partial charge on any atom is 0.157 e. The van der Waals surface area contributed by atoms with Gasteiger partial charge in [0.15, 0.2) is 6.29 Å². The number of hydrogen-bond acceptors (Lipinski definition) is 3. The van der Waals surface area contributed by atoms with Crippen LogP contribution in [0.5, 0.6) is 0 Å². The third kappa shape index (κ3) is 6.07. The zero-order valence-electron chi connectivity index (χ0n) is 33.5. The molecule has 4 heteroatoms. The lowest BCUT2D eigenvalue weighted by Crippen LogP contribution is -2.67. The molecule has 0 spiro atoms. The van der Waals surface area contributed by atoms with Crippen LogP contribution in [0.25, 0.3) is 0 Å². The Bertz CT molecular complexity index is 1120. The van der Waals surface area contributed by atoms with Gasteiger partial charge in [0.2, 0.25) is 0 Å². The molecule has 6 rings (SSSR count). The lowest BCUT2D eigenvalue weighted by molar-refractivity contribution is -0.254. The summed E-state index contributed by atoms with van der Waals surface area (Å²) in [4.78, 5) is 0. The number of hydrogen-bond donors (Lipinski definition) is 0. The van der Waals surface area contributed by atoms with Crippen LogP contribution >= 0.6 is 10.3 Å². The second-order valence-electron chi connectivity index (χ2n) is 19.9. The van der Waals surface area contributed by atoms with Gasteiger partial charge in [-0.15, -0.1) is 10.3 Å². The predicted octanol–water partition coefficient (Wildman–Crippen LogP) is 12.4. The first-order valence-corrected chi connectivity index (χ1v) is 22.5. The van der Waals surface area contributed by atoms with Crippen LogP contribution in [0.4, 0.5) is 0 Å². The minimum Gasteiger partial charge on any atom is -0.353 e. The second-order valence-corrected chi connectivity index (χ2v) is 23.8. The molecule has 1 heterocycles. The monoisotopic (exact) mass is 675 g/mol. The van der Waals surface area contributed by atoms with E-state index in [0.29, 0.717) is 39.6 Å². The Hall–Kier alpha value is -0.0300. The predicted molar refractivity (Wildman–Crippen MR) is 204 cm³/mol. The molecular formula is C43H78O3S. The van der Waals surface area contributed by atoms with Gasteiger partial charge in [0.1, 0.15) is 0 Å². The molecule has 5 aliphatic carbocycles. The molecule has 3 nitrogen and oxygen atoms in total. The number of allylic oxidation sites excluding steroid dienone is 1. The van der Waals surface area contributed by atoms with Gasteiger partial charge >= 0.3 is 0 Å². The van der Waals surface area contributed by atoms with Gasteiger partial charge in [-0.25, -0.2) is 0 Å². The van der Waals surface area contributed by atoms with Crippen LogP contribution < -0.4 is 0 Å². The number of fused-ring (bicyclic) bond motifs is 7. The van der Waals surface area contributed by atoms with Crippen LogP contribution in [0.1, 0.15) is 160 Å². The summed E-state index contributed by atoms with van der Waals surface area (Å²) in [5.74, 6) is 3.67. The normalized spacial score (nSPS) is 46.5. The van der Waals surface area contributed by atoms with E-state index in [0.717, 1.165) is 37.4 Å². The highest BCUT2D eigenvalue weighted by molar-refractivity contribution is 8.29. The highest BCUT2D eigenvalue weighted by atomic mass is 32.3. The van der Waals surface area contributed by atoms with E-state index in [9.17, 15) is 0 Å². The summed E-state index contributed by atoms with van der Waals surface area (Å²) in [6.07, 6.45) is 22.2. The summed E-state index contributed by atoms with van der Waals surface area (Å²) in [7, 11) is -1.15. The molecule has 0 amide bonds. The smallest absolute Gasteiger partial charge is 0.157 e. The Morgan fingerprint density at radius 2 is 1.51 bits per heavy atom. The van der Waals surface area contributed by atoms with E-state index in [1.807, 2.05) is 13.8 Å². The van der Waals surface area contributed by atoms with Crippen molar-refractivity contribution in [1.29, 1.82) is 0 Å². The lowest BCUT2D eigenvalue weighted by Gasteiger charge is -2.73. The molecule has 1 saturated heterocycles. The molecule has 0 aromatic rings. The van der Waals surface area contributed by atoms with Gasteiger partial charge in [-0.3, -0.25) is 0 Å². The Kier molecular flexibility index (Phi) is 10.7. The Morgan fingerprint density at radius 1 is 0.809 bits per heavy atom. The fourth-order valence-corrected chi connectivity index (χ4v) is 14.4. The summed E-state index contributed by atoms with van der Waals surface area (Å²) in [6.45, 7) is 33.4. The molecule has 6 aliphatic rings. The molecule has 274 valence electrons. The summed E-state index contributed by atoms with van der Waals surface area (Å²) in [6, 6.07) is 0. The van der Waals surface area contributed by atoms with Crippen molar-refractivity contribution < 1.29 is 13.7 Å². The quantitative estimate of drug-likeness (QED) is 0.262. The van der Waals surface area contributed by atoms with Crippen LogP contribution in [0.2, 0.25) is 0 Å². The van der Waals surface area contributed by atoms with Gasteiger partial charge in [0, 0.05) is 11.4 Å². The van der Waals surface area contributed by atoms with Crippen LogP contribution in [-0.2, 0) is 13.7 Å². The standard InChI is InChI=1S/C41H72O3S.C2H6/c1-28(2)29-18-23-41(27-43-34-15-13-14-26-42-34)25-24-39(9)30(35(29)41)16-17-32-38(8)21-20-33(44-45(11,12)36(3,4)5)37(6,7)31(38)19-22-40(32,39)10;1-2/h29-35H,1,13-27H2,2-12H3;1-2H3/t29-,30+,31-,32+,33-,34?,35+,38-,39+,40+,41+;/m0./s1. The molecule has 1 aliphatic heterocycles. The van der Waals surface area contributed by atoms with Gasteiger partial charge in [0.25, 0.3) is 0 Å². The minimum atomic E-state index is -1.15. The van der Waals surface area contributed by atoms with Crippen molar-refractivity contribution in [2.75, 3.05) is 25.7 Å². The average molecular weight is 675 g/mol. The van der Waals surface area contributed by atoms with E-state index in [2.05, 4.69) is 81.4 Å². The van der Waals surface area contributed by atoms with Crippen molar-refractivity contribution in [1.82, 2.24) is 0 Å². The maximum absolute atomic E-state index is 7.23. The molecule has 5 saturated carbocycles. The summed E-state index contributed by atoms with van der Waals surface area (Å²) in [5.41, 5.74) is 3.11. The fourth-order valence-electron chi connectivity index (χ4n) is 13.2. The molecule has 6 fully saturated rings. The van der Waals surface area contributed by atoms with Gasteiger partial charge in [-0.1, -0.05) is 81.4 Å². The van der Waals surface area contributed by atoms with Crippen LogP contribution in [0, 0.1) is 56.7 Å². The molecule has 0 N–H and O–H groups in total. The van der Waals surface area contributed by atoms with Crippen LogP contribution in [0.15, 0.2) is 12.2 Å². The Labute approximate surface area is 294 Å². The highest BCUT2D eigenvalue weighted by Gasteiger charge is 2.71. The first-order valence-electron chi connectivity index (χ1n) is 20.1. The summed E-state index contributed by atoms with van der Waals surface area (Å²) in [5, 5.41) is 0. The molecule has 0 bridgehead atoms. The van der Waals surface area contributed by atoms with Crippen molar-refractivity contribution >= 4 is 10.3 Å². The Balaban J connectivity index is 0.00000213. The van der Waals surface area contributed by atoms with E-state index in [1.165, 1.54) is 82.6 Å². The number of ether oxygens (including phenoxy) is 2. The number of rotatable bonds is 6. The van der Waals surface area contributed by atoms with E-state index in [-0.39, 0.29) is 16.5 Å². The molecule has 11 atom stereocenters. The topological polar surface area (TPSA) is 27.7 Å². The fraction of sp³-hybridized carbons (Fsp3) is 0.953. The second kappa shape index (κ2) is 13.2. The van der Waals surface area contributed by atoms with Crippen molar-refractivity contribution in [2.45, 2.75) is 177 Å². The van der Waals surface area contributed by atoms with Gasteiger partial charge < -0.3 is 13.7 Å². The third-order valence-electron chi connectivity index (χ3n) is 16.7. The summed E-state index contributed by atoms with van der Waals surface area (Å²) >= 11 is 0. The zero-order chi connectivity index (χ0) is 34.8. The average Bonchev–Trinajstić information content (AvgIpc) is 3.39. The van der Waals surface area contributed by atoms with Crippen LogP contribution in [-0.4, -0.2) is 42.9 Å². The first-order chi connectivity index (χ1) is 21.8. The Morgan fingerprint density at radius 3 is 2.13 bits per heavy atom. The largest absolute Gasteiger partial charge is 0.353 e. The summed E-state index contributed by atoms with van der Waals surface area (Å²) < 4.78 is 20.2. The van der Waals surface area contributed by atoms with Gasteiger partial charge in [0.05, 0.1) is 12.7 Å². The van der Waals surface area contributed by atoms with E-state index < -0.39 is 10.3 Å². The molecular weight excluding hydrogens is 597 g/mol. The third-order valence-corrected chi connectivity index (χ3v) is 20.4. The van der Waals surface area contributed by atoms with Gasteiger partial charge in [-0.2, -0.15) is 0 Å². The molecule has 47 heavy (non-hydrogen) atoms. The van der Waals surface area contributed by atoms with Crippen molar-refractivity contribution in [3.05, 3.63) is 12.2 Å². The van der Waals surface area contributed by atoms with E-state index in [1.54, 1.807) is 0 Å². The first kappa shape index (κ1) is 38.2. The maximum atomic E-state index is 7.23. The molecule has 1 unspecified atom stereocenters. The van der Waals surface area contributed by atoms with Crippen LogP contribution in [0.3, 0.4) is 0 Å². The molecule has 0 radical (unpaired) electrons. The van der Waals surface area contributed by atoms with E-state index >= 15 is 0 Å². The highest BCUT2D eigenvalue weighted by Crippen LogP contribution is 2.78. The molecule has 0 aromatic heterocycles. The van der Waals surface area contributed by atoms with Crippen molar-refractivity contribution in [3.8, 4) is 0 Å². The van der Waals surface area contributed by atoms with Crippen molar-refractivity contribution in [2.24, 2.45) is 56.7 Å². The molecule has 0 aromatic carbocycles. The van der Waals surface area contributed by atoms with E-state index in [4.69, 9.17) is 13.7 Å². The lowest BCUT2D eigenvalue weighted by atomic mass is 9.32. The van der Waals surface area contributed by atoms with Gasteiger partial charge in [-0.05, 0) is 160 Å². The minimum absolute atomic E-state index is 0.0208. The SMILES string of the molecule is C=C(C)[C@@H]1CC[C@]2(COC3CCCCO3)CC[C@]3(C)[C@H](CC[C@@H]4[C@@]5(C)CC[C@H](OS(C)(C)C(C)(C)C)C(C)(C)[C@@H]5CC[C@]43C)[C@@H]12.CC. The van der Waals surface area contributed by atoms with Crippen molar-refractivity contribution in [3.63, 3.8) is 0 Å². The zero-order valence-corrected chi connectivity index (χ0v) is 34.3.